The number of amides is 1. The predicted molar refractivity (Wildman–Crippen MR) is 146 cm³/mol. The number of aryl methyl sites for hydroxylation is 2. The minimum Gasteiger partial charge on any atom is -0.481 e. The summed E-state index contributed by atoms with van der Waals surface area (Å²) in [7, 11) is 0. The van der Waals surface area contributed by atoms with Crippen molar-refractivity contribution in [2.45, 2.75) is 44.6 Å². The Morgan fingerprint density at radius 2 is 1.34 bits per heavy atom. The van der Waals surface area contributed by atoms with Gasteiger partial charge in [0.25, 0.3) is 0 Å². The summed E-state index contributed by atoms with van der Waals surface area (Å²) >= 11 is 15.4. The van der Waals surface area contributed by atoms with Crippen LogP contribution in [0.3, 0.4) is 0 Å². The number of hydrogen-bond donors (Lipinski definition) is 2. The Morgan fingerprint density at radius 3 is 1.84 bits per heavy atom. The molecule has 198 valence electrons. The van der Waals surface area contributed by atoms with Crippen LogP contribution >= 0.6 is 45.9 Å². The van der Waals surface area contributed by atoms with Gasteiger partial charge in [-0.25, -0.2) is 19.9 Å². The molecule has 1 fully saturated rings. The van der Waals surface area contributed by atoms with Gasteiger partial charge < -0.3 is 15.1 Å². The van der Waals surface area contributed by atoms with Gasteiger partial charge in [-0.05, 0) is 49.7 Å². The number of hydrogen-bond acceptors (Lipinski definition) is 9. The number of nitrogens with zero attached hydrogens (tertiary/aromatic N) is 5. The molecule has 2 N–H and O–H groups in total. The van der Waals surface area contributed by atoms with Crippen molar-refractivity contribution in [3.63, 3.8) is 0 Å². The van der Waals surface area contributed by atoms with Gasteiger partial charge in [0, 0.05) is 28.8 Å². The van der Waals surface area contributed by atoms with Crippen molar-refractivity contribution in [1.29, 1.82) is 0 Å². The Bertz CT molecular complexity index is 1570. The predicted octanol–water partition coefficient (Wildman–Crippen LogP) is 4.19. The van der Waals surface area contributed by atoms with Gasteiger partial charge in [-0.3, -0.25) is 9.59 Å². The molecule has 1 amide bonds. The maximum Gasteiger partial charge on any atom is 0.306 e. The Morgan fingerprint density at radius 1 is 0.842 bits per heavy atom. The summed E-state index contributed by atoms with van der Waals surface area (Å²) < 4.78 is 0. The van der Waals surface area contributed by atoms with Crippen molar-refractivity contribution in [1.82, 2.24) is 24.8 Å². The second kappa shape index (κ2) is 10.3. The lowest BCUT2D eigenvalue weighted by Crippen LogP contribution is -2.55. The van der Waals surface area contributed by atoms with E-state index in [2.05, 4.69) is 19.9 Å². The van der Waals surface area contributed by atoms with Crippen molar-refractivity contribution >= 4 is 78.2 Å². The van der Waals surface area contributed by atoms with Crippen LogP contribution in [0.1, 0.15) is 33.7 Å². The average Bonchev–Trinajstić information content (AvgIpc) is 3.45. The Hall–Kier alpha value is -2.44. The fourth-order valence-electron chi connectivity index (χ4n) is 5.46. The summed E-state index contributed by atoms with van der Waals surface area (Å²) in [6.07, 6.45) is 7.01. The molecular weight excluding hydrogens is 569 g/mol. The summed E-state index contributed by atoms with van der Waals surface area (Å²) in [5.74, 6) is -0.807. The molecule has 2 aliphatic carbocycles. The largest absolute Gasteiger partial charge is 0.481 e. The summed E-state index contributed by atoms with van der Waals surface area (Å²) in [4.78, 5) is 45.7. The van der Waals surface area contributed by atoms with Gasteiger partial charge in [-0.1, -0.05) is 23.2 Å². The van der Waals surface area contributed by atoms with Crippen LogP contribution in [0, 0.1) is 11.8 Å². The van der Waals surface area contributed by atoms with Crippen LogP contribution in [0.4, 0.5) is 0 Å². The molecule has 5 heterocycles. The molecule has 7 rings (SSSR count). The van der Waals surface area contributed by atoms with Crippen molar-refractivity contribution in [2.75, 3.05) is 13.1 Å². The van der Waals surface area contributed by atoms with Crippen LogP contribution in [-0.4, -0.2) is 66.1 Å². The van der Waals surface area contributed by atoms with Gasteiger partial charge in [-0.2, -0.15) is 0 Å². The van der Waals surface area contributed by atoms with Crippen LogP contribution in [0.15, 0.2) is 12.7 Å². The smallest absolute Gasteiger partial charge is 0.306 e. The molecule has 9 nitrogen and oxygen atoms in total. The van der Waals surface area contributed by atoms with Gasteiger partial charge in [0.15, 0.2) is 0 Å². The molecule has 0 aromatic carbocycles. The molecule has 0 saturated carbocycles. The van der Waals surface area contributed by atoms with Gasteiger partial charge in [0.1, 0.15) is 32.6 Å². The van der Waals surface area contributed by atoms with E-state index in [1.165, 1.54) is 34.4 Å². The number of thiophene rings is 2. The van der Waals surface area contributed by atoms with Crippen molar-refractivity contribution in [3.05, 3.63) is 43.8 Å². The maximum absolute atomic E-state index is 12.4. The first kappa shape index (κ1) is 25.8. The number of halogens is 2. The Labute approximate surface area is 235 Å². The molecule has 0 spiro atoms. The van der Waals surface area contributed by atoms with E-state index < -0.39 is 5.97 Å². The molecule has 0 unspecified atom stereocenters. The number of rotatable bonds is 2. The molecule has 1 aliphatic heterocycles. The highest BCUT2D eigenvalue weighted by Crippen LogP contribution is 2.41. The molecule has 0 radical (unpaired) electrons. The molecular formula is C25H23Cl2N5O4S2. The van der Waals surface area contributed by atoms with Crippen LogP contribution in [0.2, 0.25) is 10.3 Å². The third kappa shape index (κ3) is 4.64. The number of carboxylic acid groups (broad SMARTS) is 1. The molecule has 1 saturated heterocycles. The first-order chi connectivity index (χ1) is 18.3. The van der Waals surface area contributed by atoms with Crippen LogP contribution in [0.25, 0.3) is 20.4 Å². The minimum atomic E-state index is -0.717. The lowest BCUT2D eigenvalue weighted by molar-refractivity contribution is -0.146. The minimum absolute atomic E-state index is 0.0183. The van der Waals surface area contributed by atoms with Gasteiger partial charge in [-0.15, -0.1) is 22.7 Å². The first-order valence-corrected chi connectivity index (χ1v) is 14.7. The van der Waals surface area contributed by atoms with E-state index in [1.54, 1.807) is 16.2 Å². The quantitative estimate of drug-likeness (QED) is 0.332. The number of aliphatic carboxylic acids is 1. The zero-order valence-corrected chi connectivity index (χ0v) is 23.2. The van der Waals surface area contributed by atoms with Gasteiger partial charge in [0.2, 0.25) is 5.91 Å². The number of carbonyl (C=O) groups is 2. The monoisotopic (exact) mass is 591 g/mol. The van der Waals surface area contributed by atoms with E-state index in [0.717, 1.165) is 56.6 Å². The molecule has 3 aliphatic rings. The maximum atomic E-state index is 12.4. The molecule has 2 atom stereocenters. The zero-order chi connectivity index (χ0) is 26.6. The second-order valence-corrected chi connectivity index (χ2v) is 12.7. The van der Waals surface area contributed by atoms with Crippen LogP contribution in [0.5, 0.6) is 0 Å². The fourth-order valence-corrected chi connectivity index (χ4v) is 8.60. The highest BCUT2D eigenvalue weighted by atomic mass is 35.5. The van der Waals surface area contributed by atoms with Crippen LogP contribution < -0.4 is 0 Å². The zero-order valence-electron chi connectivity index (χ0n) is 20.1. The lowest BCUT2D eigenvalue weighted by Gasteiger charge is -2.38. The van der Waals surface area contributed by atoms with Crippen molar-refractivity contribution in [3.8, 4) is 0 Å². The molecule has 4 aromatic heterocycles. The Balaban J connectivity index is 0.000000142. The molecule has 13 heteroatoms. The SMILES string of the molecule is O=C(O)[C@H]1CCc2c(sc3ncnc(Cl)c23)C1.O=C([C@H]1CCc2c(sc3ncnc(Cl)c23)C1)N1CC(O)C1. The fraction of sp³-hybridized carbons (Fsp3) is 0.440. The molecule has 0 bridgehead atoms. The summed E-state index contributed by atoms with van der Waals surface area (Å²) in [6.45, 7) is 0.956. The number of β-amino-alcohol motifs (C(OH)–C–C–N with tert-alkyl or cyclic N) is 1. The normalized spacial score (nSPS) is 20.9. The van der Waals surface area contributed by atoms with E-state index >= 15 is 0 Å². The van der Waals surface area contributed by atoms with Crippen molar-refractivity contribution < 1.29 is 19.8 Å². The van der Waals surface area contributed by atoms with Crippen molar-refractivity contribution in [2.24, 2.45) is 11.8 Å². The number of aliphatic hydroxyl groups excluding tert-OH is 1. The van der Waals surface area contributed by atoms with E-state index in [9.17, 15) is 14.7 Å². The lowest BCUT2D eigenvalue weighted by atomic mass is 9.86. The Kier molecular flexibility index (Phi) is 6.98. The highest BCUT2D eigenvalue weighted by Gasteiger charge is 2.36. The van der Waals surface area contributed by atoms with Crippen LogP contribution in [-0.2, 0) is 35.3 Å². The van der Waals surface area contributed by atoms with Gasteiger partial charge >= 0.3 is 5.97 Å². The topological polar surface area (TPSA) is 129 Å². The summed E-state index contributed by atoms with van der Waals surface area (Å²) in [5.41, 5.74) is 2.36. The number of aromatic nitrogens is 4. The first-order valence-electron chi connectivity index (χ1n) is 12.3. The van der Waals surface area contributed by atoms with E-state index in [1.807, 2.05) is 0 Å². The number of likely N-dealkylation sites (tertiary alicyclic amines) is 1. The third-order valence-corrected chi connectivity index (χ3v) is 10.4. The molecule has 38 heavy (non-hydrogen) atoms. The molecule has 4 aromatic rings. The number of fused-ring (bicyclic) bond motifs is 6. The highest BCUT2D eigenvalue weighted by molar-refractivity contribution is 7.19. The average molecular weight is 593 g/mol. The summed E-state index contributed by atoms with van der Waals surface area (Å²) in [5, 5.41) is 21.2. The van der Waals surface area contributed by atoms with Gasteiger partial charge in [0.05, 0.1) is 22.8 Å². The van der Waals surface area contributed by atoms with E-state index in [-0.39, 0.29) is 23.8 Å². The van der Waals surface area contributed by atoms with E-state index in [0.29, 0.717) is 36.2 Å². The summed E-state index contributed by atoms with van der Waals surface area (Å²) in [6, 6.07) is 0. The van der Waals surface area contributed by atoms with E-state index in [4.69, 9.17) is 28.3 Å². The third-order valence-electron chi connectivity index (χ3n) is 7.47. The standard InChI is InChI=1S/C14H14ClN3O2S.C11H9ClN2O2S/c15-12-11-9-2-1-7(14(20)18-4-8(19)5-18)3-10(9)21-13(11)17-6-16-12;12-9-8-6-2-1-5(11(15)16)3-7(6)17-10(8)14-4-13-9/h6-8,19H,1-5H2;4-5H,1-3H2,(H,15,16)/t7-;5-/m00/s1. The number of carboxylic acids is 1. The number of carbonyl (C=O) groups excluding carboxylic acids is 1. The second-order valence-electron chi connectivity index (χ2n) is 9.81. The number of aliphatic hydroxyl groups is 1.